The van der Waals surface area contributed by atoms with Gasteiger partial charge in [-0.3, -0.25) is 0 Å². The minimum absolute atomic E-state index is 0.113. The van der Waals surface area contributed by atoms with Gasteiger partial charge in [0.05, 0.1) is 18.6 Å². The molecule has 2 atom stereocenters. The quantitative estimate of drug-likeness (QED) is 0.924. The Labute approximate surface area is 118 Å². The van der Waals surface area contributed by atoms with Crippen LogP contribution in [0, 0.1) is 0 Å². The molecule has 0 bridgehead atoms. The normalized spacial score (nSPS) is 26.1. The standard InChI is InChI=1S/C15H19N3O2/c1-3-10-4-6-11(7-5-10)13-17-14(20-18-13)15(2)9-19-8-12(15)16/h4-7,12H,3,8-9,16H2,1-2H3. The molecule has 20 heavy (non-hydrogen) atoms. The Morgan fingerprint density at radius 3 is 2.70 bits per heavy atom. The zero-order valence-corrected chi connectivity index (χ0v) is 11.8. The summed E-state index contributed by atoms with van der Waals surface area (Å²) in [4.78, 5) is 4.50. The lowest BCUT2D eigenvalue weighted by Crippen LogP contribution is -2.42. The lowest BCUT2D eigenvalue weighted by atomic mass is 9.86. The van der Waals surface area contributed by atoms with Gasteiger partial charge in [0.2, 0.25) is 11.7 Å². The van der Waals surface area contributed by atoms with Crippen LogP contribution < -0.4 is 5.73 Å². The van der Waals surface area contributed by atoms with E-state index in [0.29, 0.717) is 24.9 Å². The number of aromatic nitrogens is 2. The summed E-state index contributed by atoms with van der Waals surface area (Å²) < 4.78 is 10.8. The third-order valence-corrected chi connectivity index (χ3v) is 4.05. The van der Waals surface area contributed by atoms with Crippen molar-refractivity contribution in [2.45, 2.75) is 31.7 Å². The molecule has 5 nitrogen and oxygen atoms in total. The second kappa shape index (κ2) is 5.00. The molecule has 0 radical (unpaired) electrons. The van der Waals surface area contributed by atoms with Crippen LogP contribution in [0.2, 0.25) is 0 Å². The first-order valence-corrected chi connectivity index (χ1v) is 6.90. The first kappa shape index (κ1) is 13.3. The average Bonchev–Trinajstić information content (AvgIpc) is 3.08. The van der Waals surface area contributed by atoms with Crippen molar-refractivity contribution < 1.29 is 9.26 Å². The summed E-state index contributed by atoms with van der Waals surface area (Å²) in [5, 5.41) is 4.07. The molecule has 2 aromatic rings. The molecule has 5 heteroatoms. The molecule has 0 amide bonds. The molecule has 2 heterocycles. The summed E-state index contributed by atoms with van der Waals surface area (Å²) in [5.41, 5.74) is 7.92. The molecule has 0 aliphatic carbocycles. The maximum Gasteiger partial charge on any atom is 0.236 e. The molecule has 1 saturated heterocycles. The highest BCUT2D eigenvalue weighted by molar-refractivity contribution is 5.54. The predicted octanol–water partition coefficient (Wildman–Crippen LogP) is 1.91. The fourth-order valence-electron chi connectivity index (χ4n) is 2.37. The Bertz CT molecular complexity index is 593. The van der Waals surface area contributed by atoms with Crippen LogP contribution in [0.4, 0.5) is 0 Å². The molecule has 0 spiro atoms. The van der Waals surface area contributed by atoms with Crippen LogP contribution in [-0.4, -0.2) is 29.4 Å². The zero-order valence-electron chi connectivity index (χ0n) is 11.8. The van der Waals surface area contributed by atoms with Gasteiger partial charge in [0, 0.05) is 11.6 Å². The van der Waals surface area contributed by atoms with Gasteiger partial charge in [-0.1, -0.05) is 36.3 Å². The van der Waals surface area contributed by atoms with Gasteiger partial charge in [-0.25, -0.2) is 0 Å². The van der Waals surface area contributed by atoms with Crippen LogP contribution >= 0.6 is 0 Å². The summed E-state index contributed by atoms with van der Waals surface area (Å²) in [6.07, 6.45) is 1.02. The van der Waals surface area contributed by atoms with E-state index in [2.05, 4.69) is 29.2 Å². The molecule has 1 aliphatic rings. The molecule has 0 saturated carbocycles. The smallest absolute Gasteiger partial charge is 0.236 e. The molecular weight excluding hydrogens is 254 g/mol. The topological polar surface area (TPSA) is 74.2 Å². The van der Waals surface area contributed by atoms with E-state index in [9.17, 15) is 0 Å². The van der Waals surface area contributed by atoms with E-state index in [-0.39, 0.29) is 6.04 Å². The number of ether oxygens (including phenoxy) is 1. The van der Waals surface area contributed by atoms with Crippen molar-refractivity contribution in [2.75, 3.05) is 13.2 Å². The van der Waals surface area contributed by atoms with Crippen LogP contribution in [0.15, 0.2) is 28.8 Å². The van der Waals surface area contributed by atoms with Gasteiger partial charge in [-0.2, -0.15) is 4.98 Å². The Kier molecular flexibility index (Phi) is 3.31. The van der Waals surface area contributed by atoms with E-state index >= 15 is 0 Å². The fourth-order valence-corrected chi connectivity index (χ4v) is 2.37. The van der Waals surface area contributed by atoms with Crippen molar-refractivity contribution in [3.8, 4) is 11.4 Å². The Hall–Kier alpha value is -1.72. The number of hydrogen-bond donors (Lipinski definition) is 1. The molecule has 1 aromatic carbocycles. The fraction of sp³-hybridized carbons (Fsp3) is 0.467. The van der Waals surface area contributed by atoms with Gasteiger partial charge < -0.3 is 15.0 Å². The van der Waals surface area contributed by atoms with E-state index in [1.54, 1.807) is 0 Å². The molecule has 1 aliphatic heterocycles. The summed E-state index contributed by atoms with van der Waals surface area (Å²) in [5.74, 6) is 1.15. The van der Waals surface area contributed by atoms with Crippen molar-refractivity contribution in [1.82, 2.24) is 10.1 Å². The van der Waals surface area contributed by atoms with Crippen LogP contribution in [0.25, 0.3) is 11.4 Å². The minimum atomic E-state index is -0.394. The number of aryl methyl sites for hydroxylation is 1. The summed E-state index contributed by atoms with van der Waals surface area (Å²) in [6, 6.07) is 8.08. The average molecular weight is 273 g/mol. The molecule has 2 N–H and O–H groups in total. The highest BCUT2D eigenvalue weighted by Gasteiger charge is 2.44. The monoisotopic (exact) mass is 273 g/mol. The van der Waals surface area contributed by atoms with Crippen molar-refractivity contribution in [1.29, 1.82) is 0 Å². The molecule has 3 rings (SSSR count). The largest absolute Gasteiger partial charge is 0.379 e. The van der Waals surface area contributed by atoms with E-state index < -0.39 is 5.41 Å². The van der Waals surface area contributed by atoms with Gasteiger partial charge in [-0.05, 0) is 18.9 Å². The first-order valence-electron chi connectivity index (χ1n) is 6.90. The molecular formula is C15H19N3O2. The Morgan fingerprint density at radius 1 is 1.35 bits per heavy atom. The van der Waals surface area contributed by atoms with Crippen molar-refractivity contribution in [3.63, 3.8) is 0 Å². The van der Waals surface area contributed by atoms with Crippen LogP contribution in [0.5, 0.6) is 0 Å². The molecule has 106 valence electrons. The van der Waals surface area contributed by atoms with E-state index in [1.807, 2.05) is 19.1 Å². The summed E-state index contributed by atoms with van der Waals surface area (Å²) >= 11 is 0. The van der Waals surface area contributed by atoms with E-state index in [4.69, 9.17) is 15.0 Å². The van der Waals surface area contributed by atoms with Gasteiger partial charge in [-0.15, -0.1) is 0 Å². The first-order chi connectivity index (χ1) is 9.63. The Morgan fingerprint density at radius 2 is 2.10 bits per heavy atom. The second-order valence-electron chi connectivity index (χ2n) is 5.51. The molecule has 2 unspecified atom stereocenters. The highest BCUT2D eigenvalue weighted by atomic mass is 16.5. The highest BCUT2D eigenvalue weighted by Crippen LogP contribution is 2.31. The van der Waals surface area contributed by atoms with Crippen molar-refractivity contribution >= 4 is 0 Å². The zero-order chi connectivity index (χ0) is 14.2. The number of benzene rings is 1. The predicted molar refractivity (Wildman–Crippen MR) is 75.3 cm³/mol. The lowest BCUT2D eigenvalue weighted by Gasteiger charge is -2.21. The lowest BCUT2D eigenvalue weighted by molar-refractivity contribution is 0.169. The van der Waals surface area contributed by atoms with E-state index in [1.165, 1.54) is 5.56 Å². The third kappa shape index (κ3) is 2.13. The Balaban J connectivity index is 1.89. The third-order valence-electron chi connectivity index (χ3n) is 4.05. The van der Waals surface area contributed by atoms with E-state index in [0.717, 1.165) is 12.0 Å². The SMILES string of the molecule is CCc1ccc(-c2noc(C3(C)COCC3N)n2)cc1. The number of nitrogens with zero attached hydrogens (tertiary/aromatic N) is 2. The maximum absolute atomic E-state index is 6.08. The van der Waals surface area contributed by atoms with Gasteiger partial charge >= 0.3 is 0 Å². The van der Waals surface area contributed by atoms with Crippen LogP contribution in [-0.2, 0) is 16.6 Å². The summed E-state index contributed by atoms with van der Waals surface area (Å²) in [6.45, 7) is 5.18. The maximum atomic E-state index is 6.08. The molecule has 1 aromatic heterocycles. The second-order valence-corrected chi connectivity index (χ2v) is 5.51. The summed E-state index contributed by atoms with van der Waals surface area (Å²) in [7, 11) is 0. The molecule has 1 fully saturated rings. The minimum Gasteiger partial charge on any atom is -0.379 e. The van der Waals surface area contributed by atoms with Crippen LogP contribution in [0.3, 0.4) is 0 Å². The number of rotatable bonds is 3. The number of nitrogens with two attached hydrogens (primary N) is 1. The van der Waals surface area contributed by atoms with Gasteiger partial charge in [0.15, 0.2) is 0 Å². The van der Waals surface area contributed by atoms with Gasteiger partial charge in [0.25, 0.3) is 0 Å². The van der Waals surface area contributed by atoms with Gasteiger partial charge in [0.1, 0.15) is 0 Å². The van der Waals surface area contributed by atoms with Crippen molar-refractivity contribution in [3.05, 3.63) is 35.7 Å². The van der Waals surface area contributed by atoms with Crippen LogP contribution in [0.1, 0.15) is 25.3 Å². The number of hydrogen-bond acceptors (Lipinski definition) is 5. The van der Waals surface area contributed by atoms with Crippen molar-refractivity contribution in [2.24, 2.45) is 5.73 Å².